The van der Waals surface area contributed by atoms with Crippen LogP contribution in [-0.4, -0.2) is 29.3 Å². The Balaban J connectivity index is 2.29. The van der Waals surface area contributed by atoms with Gasteiger partial charge in [0.2, 0.25) is 5.91 Å². The Morgan fingerprint density at radius 2 is 2.15 bits per heavy atom. The van der Waals surface area contributed by atoms with Gasteiger partial charge in [0.05, 0.1) is 6.54 Å². The van der Waals surface area contributed by atoms with Gasteiger partial charge in [-0.05, 0) is 19.8 Å². The van der Waals surface area contributed by atoms with Crippen molar-refractivity contribution >= 4 is 5.91 Å². The second kappa shape index (κ2) is 4.05. The van der Waals surface area contributed by atoms with Crippen molar-refractivity contribution in [1.82, 2.24) is 5.32 Å². The van der Waals surface area contributed by atoms with Crippen LogP contribution in [0.1, 0.15) is 32.6 Å². The molecule has 1 aliphatic carbocycles. The predicted octanol–water partition coefficient (Wildman–Crippen LogP) is 0.766. The molecule has 0 heterocycles. The normalized spacial score (nSPS) is 22.7. The average molecular weight is 189 g/mol. The fraction of sp³-hybridized carbons (Fsp3) is 0.889. The van der Waals surface area contributed by atoms with Crippen molar-refractivity contribution in [3.8, 4) is 0 Å². The van der Waals surface area contributed by atoms with Crippen LogP contribution in [0.2, 0.25) is 0 Å². The summed E-state index contributed by atoms with van der Waals surface area (Å²) >= 11 is 0. The third-order valence-corrected chi connectivity index (χ3v) is 2.46. The Labute approximate surface area is 77.3 Å². The van der Waals surface area contributed by atoms with Gasteiger partial charge in [-0.15, -0.1) is 0 Å². The van der Waals surface area contributed by atoms with E-state index < -0.39 is 17.7 Å². The minimum Gasteiger partial charge on any atom is -0.384 e. The molecule has 0 radical (unpaired) electrons. The zero-order chi connectivity index (χ0) is 9.90. The first-order valence-corrected chi connectivity index (χ1v) is 4.68. The highest BCUT2D eigenvalue weighted by atomic mass is 19.1. The van der Waals surface area contributed by atoms with Gasteiger partial charge in [0.15, 0.2) is 0 Å². The molecular weight excluding hydrogens is 173 g/mol. The molecule has 13 heavy (non-hydrogen) atoms. The maximum atomic E-state index is 13.6. The molecule has 1 amide bonds. The topological polar surface area (TPSA) is 49.3 Å². The van der Waals surface area contributed by atoms with Crippen molar-refractivity contribution in [3.05, 3.63) is 0 Å². The number of rotatable bonds is 3. The maximum Gasteiger partial charge on any atom is 0.248 e. The quantitative estimate of drug-likeness (QED) is 0.688. The van der Waals surface area contributed by atoms with E-state index in [1.165, 1.54) is 6.92 Å². The highest BCUT2D eigenvalue weighted by Gasteiger charge is 2.33. The number of amides is 1. The van der Waals surface area contributed by atoms with Crippen LogP contribution in [0.15, 0.2) is 0 Å². The van der Waals surface area contributed by atoms with E-state index in [9.17, 15) is 9.18 Å². The summed E-state index contributed by atoms with van der Waals surface area (Å²) in [7, 11) is 0. The highest BCUT2D eigenvalue weighted by molar-refractivity contribution is 5.80. The van der Waals surface area contributed by atoms with Gasteiger partial charge in [0, 0.05) is 0 Å². The molecule has 0 spiro atoms. The van der Waals surface area contributed by atoms with E-state index in [-0.39, 0.29) is 6.54 Å². The first kappa shape index (κ1) is 10.4. The van der Waals surface area contributed by atoms with Crippen molar-refractivity contribution in [1.29, 1.82) is 0 Å². The molecule has 0 aromatic carbocycles. The first-order chi connectivity index (χ1) is 6.03. The van der Waals surface area contributed by atoms with Gasteiger partial charge in [0.1, 0.15) is 11.8 Å². The second-order valence-electron chi connectivity index (χ2n) is 3.75. The smallest absolute Gasteiger partial charge is 0.248 e. The van der Waals surface area contributed by atoms with Crippen LogP contribution in [0.3, 0.4) is 0 Å². The third-order valence-electron chi connectivity index (χ3n) is 2.46. The van der Waals surface area contributed by atoms with Crippen molar-refractivity contribution in [2.45, 2.75) is 44.4 Å². The van der Waals surface area contributed by atoms with Gasteiger partial charge in [-0.2, -0.15) is 0 Å². The number of nitrogens with one attached hydrogen (secondary N) is 1. The molecule has 1 fully saturated rings. The monoisotopic (exact) mass is 189 g/mol. The Morgan fingerprint density at radius 3 is 2.62 bits per heavy atom. The lowest BCUT2D eigenvalue weighted by Gasteiger charge is -2.19. The number of hydrogen-bond donors (Lipinski definition) is 2. The summed E-state index contributed by atoms with van der Waals surface area (Å²) < 4.78 is 13.6. The molecule has 2 N–H and O–H groups in total. The highest BCUT2D eigenvalue weighted by Crippen LogP contribution is 2.32. The number of carbonyl (C=O) groups excluding carboxylic acids is 1. The second-order valence-corrected chi connectivity index (χ2v) is 3.75. The van der Waals surface area contributed by atoms with E-state index in [4.69, 9.17) is 5.11 Å². The molecule has 4 heteroatoms. The van der Waals surface area contributed by atoms with E-state index >= 15 is 0 Å². The van der Waals surface area contributed by atoms with Crippen molar-refractivity contribution in [2.24, 2.45) is 0 Å². The number of hydrogen-bond acceptors (Lipinski definition) is 2. The van der Waals surface area contributed by atoms with Crippen molar-refractivity contribution in [3.63, 3.8) is 0 Å². The number of alkyl halides is 1. The van der Waals surface area contributed by atoms with Crippen LogP contribution in [0.25, 0.3) is 0 Å². The lowest BCUT2D eigenvalue weighted by Crippen LogP contribution is -2.41. The Kier molecular flexibility index (Phi) is 3.25. The largest absolute Gasteiger partial charge is 0.384 e. The summed E-state index contributed by atoms with van der Waals surface area (Å²) in [6, 6.07) is 0. The van der Waals surface area contributed by atoms with E-state index in [1.54, 1.807) is 0 Å². The Morgan fingerprint density at radius 1 is 1.62 bits per heavy atom. The van der Waals surface area contributed by atoms with Gasteiger partial charge >= 0.3 is 0 Å². The number of aliphatic hydroxyl groups excluding tert-OH is 1. The molecule has 1 rings (SSSR count). The fourth-order valence-electron chi connectivity index (χ4n) is 1.58. The van der Waals surface area contributed by atoms with Crippen LogP contribution in [-0.2, 0) is 4.79 Å². The molecule has 0 aliphatic heterocycles. The zero-order valence-corrected chi connectivity index (χ0v) is 7.85. The molecule has 3 nitrogen and oxygen atoms in total. The van der Waals surface area contributed by atoms with E-state index in [0.717, 1.165) is 12.8 Å². The summed E-state index contributed by atoms with van der Waals surface area (Å²) in [4.78, 5) is 10.9. The minimum absolute atomic E-state index is 0.0384. The van der Waals surface area contributed by atoms with Crippen LogP contribution in [0, 0.1) is 0 Å². The summed E-state index contributed by atoms with van der Waals surface area (Å²) in [5.74, 6) is -0.496. The SMILES string of the molecule is C[C@H](O)C(=O)NCC1(F)CCCC1. The van der Waals surface area contributed by atoms with Crippen LogP contribution in [0.4, 0.5) is 4.39 Å². The summed E-state index contributed by atoms with van der Waals surface area (Å²) in [6.45, 7) is 1.41. The first-order valence-electron chi connectivity index (χ1n) is 4.68. The molecule has 1 atom stereocenters. The predicted molar refractivity (Wildman–Crippen MR) is 47.0 cm³/mol. The van der Waals surface area contributed by atoms with E-state index in [0.29, 0.717) is 12.8 Å². The summed E-state index contributed by atoms with van der Waals surface area (Å²) in [5.41, 5.74) is -1.23. The van der Waals surface area contributed by atoms with Crippen molar-refractivity contribution in [2.75, 3.05) is 6.54 Å². The molecule has 0 saturated heterocycles. The van der Waals surface area contributed by atoms with Gasteiger partial charge in [-0.1, -0.05) is 12.8 Å². The Hall–Kier alpha value is -0.640. The lowest BCUT2D eigenvalue weighted by atomic mass is 10.1. The van der Waals surface area contributed by atoms with Crippen LogP contribution >= 0.6 is 0 Å². The minimum atomic E-state index is -1.23. The van der Waals surface area contributed by atoms with Crippen LogP contribution in [0.5, 0.6) is 0 Å². The molecule has 76 valence electrons. The average Bonchev–Trinajstić information content (AvgIpc) is 2.48. The number of halogens is 1. The van der Waals surface area contributed by atoms with Gasteiger partial charge in [0.25, 0.3) is 0 Å². The number of carbonyl (C=O) groups is 1. The molecule has 0 aromatic heterocycles. The molecule has 0 unspecified atom stereocenters. The molecule has 0 aromatic rings. The van der Waals surface area contributed by atoms with Gasteiger partial charge in [-0.3, -0.25) is 4.79 Å². The molecule has 0 bridgehead atoms. The Bertz CT molecular complexity index is 188. The summed E-state index contributed by atoms with van der Waals surface area (Å²) in [6.07, 6.45) is 1.77. The van der Waals surface area contributed by atoms with Gasteiger partial charge in [-0.25, -0.2) is 4.39 Å². The standard InChI is InChI=1S/C9H16FNO2/c1-7(12)8(13)11-6-9(10)4-2-3-5-9/h7,12H,2-6H2,1H3,(H,11,13)/t7-/m0/s1. The number of aliphatic hydroxyl groups is 1. The third kappa shape index (κ3) is 2.95. The molecule has 1 aliphatic rings. The van der Waals surface area contributed by atoms with E-state index in [2.05, 4.69) is 5.32 Å². The maximum absolute atomic E-state index is 13.6. The summed E-state index contributed by atoms with van der Waals surface area (Å²) in [5, 5.41) is 11.2. The van der Waals surface area contributed by atoms with Crippen LogP contribution < -0.4 is 5.32 Å². The van der Waals surface area contributed by atoms with Gasteiger partial charge < -0.3 is 10.4 Å². The fourth-order valence-corrected chi connectivity index (χ4v) is 1.58. The van der Waals surface area contributed by atoms with Crippen molar-refractivity contribution < 1.29 is 14.3 Å². The molecular formula is C9H16FNO2. The zero-order valence-electron chi connectivity index (χ0n) is 7.85. The van der Waals surface area contributed by atoms with E-state index in [1.807, 2.05) is 0 Å². The lowest BCUT2D eigenvalue weighted by molar-refractivity contribution is -0.129. The molecule has 1 saturated carbocycles.